The number of ether oxygens (including phenoxy) is 1. The zero-order valence-corrected chi connectivity index (χ0v) is 15.9. The van der Waals surface area contributed by atoms with Crippen molar-refractivity contribution in [1.29, 1.82) is 0 Å². The van der Waals surface area contributed by atoms with Gasteiger partial charge in [0.05, 0.1) is 0 Å². The predicted octanol–water partition coefficient (Wildman–Crippen LogP) is 3.87. The lowest BCUT2D eigenvalue weighted by molar-refractivity contribution is 0.158. The minimum absolute atomic E-state index is 0.245. The average molecular weight is 378 g/mol. The summed E-state index contributed by atoms with van der Waals surface area (Å²) < 4.78 is 30.0. The van der Waals surface area contributed by atoms with E-state index in [1.807, 2.05) is 57.2 Å². The largest absolute Gasteiger partial charge is 0.483 e. The molecule has 132 valence electrons. The van der Waals surface area contributed by atoms with Crippen LogP contribution in [0, 0.1) is 6.92 Å². The van der Waals surface area contributed by atoms with Gasteiger partial charge in [-0.1, -0.05) is 29.8 Å². The van der Waals surface area contributed by atoms with Crippen molar-refractivity contribution >= 4 is 28.1 Å². The van der Waals surface area contributed by atoms with Gasteiger partial charge in [-0.2, -0.15) is 0 Å². The molecule has 1 aliphatic heterocycles. The number of hydrogen-bond acceptors (Lipinski definition) is 3. The Hall–Kier alpha value is -1.82. The van der Waals surface area contributed by atoms with E-state index in [9.17, 15) is 8.42 Å². The Morgan fingerprint density at radius 2 is 1.84 bits per heavy atom. The first-order chi connectivity index (χ1) is 11.7. The molecular weight excluding hydrogens is 358 g/mol. The summed E-state index contributed by atoms with van der Waals surface area (Å²) >= 11 is 6.09. The van der Waals surface area contributed by atoms with E-state index in [2.05, 4.69) is 10.8 Å². The monoisotopic (exact) mass is 377 g/mol. The van der Waals surface area contributed by atoms with E-state index in [0.29, 0.717) is 5.02 Å². The molecule has 1 N–H and O–H groups in total. The van der Waals surface area contributed by atoms with Gasteiger partial charge in [0, 0.05) is 17.1 Å². The van der Waals surface area contributed by atoms with E-state index in [-0.39, 0.29) is 6.54 Å². The van der Waals surface area contributed by atoms with Gasteiger partial charge >= 0.3 is 0 Å². The fraction of sp³-hybridized carbons (Fsp3) is 0.263. The van der Waals surface area contributed by atoms with Crippen LogP contribution in [0.25, 0.3) is 5.57 Å². The first kappa shape index (κ1) is 18.0. The van der Waals surface area contributed by atoms with Crippen molar-refractivity contribution in [2.45, 2.75) is 32.9 Å². The number of nitrogens with one attached hydrogen (secondary N) is 1. The highest BCUT2D eigenvalue weighted by molar-refractivity contribution is 7.70. The SMILES string of the molecule is Cc1cc(Cl)ccc1C1=CC(C)(C)Oc2cc(CN[SH](=O)=O)ccc21. The van der Waals surface area contributed by atoms with Crippen LogP contribution in [0.4, 0.5) is 0 Å². The van der Waals surface area contributed by atoms with Gasteiger partial charge in [0.25, 0.3) is 0 Å². The molecule has 0 radical (unpaired) electrons. The summed E-state index contributed by atoms with van der Waals surface area (Å²) in [5.74, 6) is 0.747. The Morgan fingerprint density at radius 3 is 2.52 bits per heavy atom. The third-order valence-electron chi connectivity index (χ3n) is 4.09. The lowest BCUT2D eigenvalue weighted by Gasteiger charge is -2.32. The molecule has 25 heavy (non-hydrogen) atoms. The van der Waals surface area contributed by atoms with Crippen LogP contribution in [0.5, 0.6) is 5.75 Å². The maximum Gasteiger partial charge on any atom is 0.201 e. The van der Waals surface area contributed by atoms with Crippen LogP contribution in [-0.2, 0) is 17.4 Å². The molecule has 0 fully saturated rings. The van der Waals surface area contributed by atoms with Gasteiger partial charge in [0.2, 0.25) is 10.9 Å². The summed E-state index contributed by atoms with van der Waals surface area (Å²) in [6.45, 7) is 6.28. The second-order valence-corrected chi connectivity index (χ2v) is 7.91. The Balaban J connectivity index is 2.07. The van der Waals surface area contributed by atoms with Crippen molar-refractivity contribution in [1.82, 2.24) is 4.72 Å². The van der Waals surface area contributed by atoms with Crippen LogP contribution >= 0.6 is 11.6 Å². The summed E-state index contributed by atoms with van der Waals surface area (Å²) in [5.41, 5.74) is 4.66. The molecule has 0 aromatic heterocycles. The van der Waals surface area contributed by atoms with Crippen molar-refractivity contribution < 1.29 is 13.2 Å². The standard InChI is InChI=1S/C19H20ClNO3S/c1-12-8-14(20)5-7-15(12)17-10-19(2,3)24-18-9-13(4-6-16(17)18)11-21-25(22)23/h4-10,25H,11H2,1-3H3,(H,21,22,23). The molecular formula is C19H20ClNO3S. The van der Waals surface area contributed by atoms with E-state index in [1.165, 1.54) is 0 Å². The van der Waals surface area contributed by atoms with Gasteiger partial charge < -0.3 is 4.74 Å². The number of rotatable bonds is 4. The molecule has 0 bridgehead atoms. The molecule has 4 nitrogen and oxygen atoms in total. The summed E-state index contributed by atoms with van der Waals surface area (Å²) in [4.78, 5) is 0. The lowest BCUT2D eigenvalue weighted by Crippen LogP contribution is -2.29. The van der Waals surface area contributed by atoms with Crippen molar-refractivity contribution in [3.63, 3.8) is 0 Å². The second-order valence-electron chi connectivity index (χ2n) is 6.65. The lowest BCUT2D eigenvalue weighted by atomic mass is 9.87. The molecule has 0 aliphatic carbocycles. The second kappa shape index (κ2) is 6.83. The number of aryl methyl sites for hydroxylation is 1. The highest BCUT2D eigenvalue weighted by atomic mass is 35.5. The van der Waals surface area contributed by atoms with E-state index >= 15 is 0 Å². The minimum atomic E-state index is -2.62. The van der Waals surface area contributed by atoms with Crippen LogP contribution in [0.15, 0.2) is 42.5 Å². The molecule has 2 aromatic rings. The molecule has 2 aromatic carbocycles. The van der Waals surface area contributed by atoms with Crippen molar-refractivity contribution in [2.75, 3.05) is 0 Å². The van der Waals surface area contributed by atoms with Gasteiger partial charge in [-0.15, -0.1) is 0 Å². The number of fused-ring (bicyclic) bond motifs is 1. The van der Waals surface area contributed by atoms with Gasteiger partial charge in [-0.3, -0.25) is 0 Å². The number of halogens is 1. The van der Waals surface area contributed by atoms with E-state index < -0.39 is 16.5 Å². The van der Waals surface area contributed by atoms with Gasteiger partial charge in [0.15, 0.2) is 0 Å². The number of hydrogen-bond donors (Lipinski definition) is 2. The van der Waals surface area contributed by atoms with Crippen molar-refractivity contribution in [3.05, 3.63) is 69.8 Å². The predicted molar refractivity (Wildman–Crippen MR) is 102 cm³/mol. The zero-order chi connectivity index (χ0) is 18.2. The van der Waals surface area contributed by atoms with Crippen LogP contribution in [0.1, 0.15) is 36.1 Å². The Morgan fingerprint density at radius 1 is 1.12 bits per heavy atom. The number of thiol groups is 1. The highest BCUT2D eigenvalue weighted by Crippen LogP contribution is 2.41. The van der Waals surface area contributed by atoms with Gasteiger partial charge in [-0.25, -0.2) is 13.1 Å². The molecule has 0 saturated carbocycles. The fourth-order valence-electron chi connectivity index (χ4n) is 3.03. The first-order valence-corrected chi connectivity index (χ1v) is 9.50. The van der Waals surface area contributed by atoms with Gasteiger partial charge in [-0.05, 0) is 67.3 Å². The molecule has 6 heteroatoms. The molecule has 1 heterocycles. The quantitative estimate of drug-likeness (QED) is 0.795. The van der Waals surface area contributed by atoms with Crippen molar-refractivity contribution in [2.24, 2.45) is 0 Å². The van der Waals surface area contributed by atoms with Crippen molar-refractivity contribution in [3.8, 4) is 5.75 Å². The normalized spacial score (nSPS) is 15.5. The summed E-state index contributed by atoms with van der Waals surface area (Å²) in [7, 11) is -2.62. The van der Waals surface area contributed by atoms with Crippen LogP contribution in [0.3, 0.4) is 0 Å². The van der Waals surface area contributed by atoms with Gasteiger partial charge in [0.1, 0.15) is 11.4 Å². The molecule has 0 saturated heterocycles. The summed E-state index contributed by atoms with van der Waals surface area (Å²) in [6, 6.07) is 11.6. The fourth-order valence-corrected chi connectivity index (χ4v) is 3.57. The molecule has 0 amide bonds. The highest BCUT2D eigenvalue weighted by Gasteiger charge is 2.28. The van der Waals surface area contributed by atoms with E-state index in [1.54, 1.807) is 0 Å². The van der Waals surface area contributed by atoms with Crippen LogP contribution < -0.4 is 9.46 Å². The number of benzene rings is 2. The van der Waals surface area contributed by atoms with E-state index in [4.69, 9.17) is 16.3 Å². The van der Waals surface area contributed by atoms with E-state index in [0.717, 1.165) is 33.6 Å². The maximum absolute atomic E-state index is 10.7. The zero-order valence-electron chi connectivity index (χ0n) is 14.3. The smallest absolute Gasteiger partial charge is 0.201 e. The van der Waals surface area contributed by atoms with Crippen LogP contribution in [0.2, 0.25) is 5.02 Å². The molecule has 0 spiro atoms. The minimum Gasteiger partial charge on any atom is -0.483 e. The third kappa shape index (κ3) is 4.06. The Kier molecular flexibility index (Phi) is 4.91. The van der Waals surface area contributed by atoms with Crippen LogP contribution in [-0.4, -0.2) is 14.0 Å². The third-order valence-corrected chi connectivity index (χ3v) is 4.74. The first-order valence-electron chi connectivity index (χ1n) is 7.95. The Labute approximate surface area is 154 Å². The Bertz CT molecular complexity index is 924. The molecule has 0 unspecified atom stereocenters. The molecule has 3 rings (SSSR count). The summed E-state index contributed by atoms with van der Waals surface area (Å²) in [5, 5.41) is 0.710. The summed E-state index contributed by atoms with van der Waals surface area (Å²) in [6.07, 6.45) is 2.11. The maximum atomic E-state index is 10.7. The molecule has 0 atom stereocenters. The topological polar surface area (TPSA) is 55.4 Å². The molecule has 1 aliphatic rings. The average Bonchev–Trinajstić information content (AvgIpc) is 2.51.